The number of pyridine rings is 1. The molecule has 3 aromatic rings. The van der Waals surface area contributed by atoms with Gasteiger partial charge < -0.3 is 14.4 Å². The number of benzene rings is 1. The molecule has 0 radical (unpaired) electrons. The third-order valence-corrected chi connectivity index (χ3v) is 9.10. The number of hydrogen-bond donors (Lipinski definition) is 0. The quantitative estimate of drug-likeness (QED) is 0.492. The molecule has 0 bridgehead atoms. The Hall–Kier alpha value is -2.29. The normalized spacial score (nSPS) is 19.5. The average Bonchev–Trinajstić information content (AvgIpc) is 3.19. The molecule has 2 fully saturated rings. The Labute approximate surface area is 215 Å². The number of fused-ring (bicyclic) bond motifs is 1. The van der Waals surface area contributed by atoms with Crippen LogP contribution in [-0.2, 0) is 16.9 Å². The van der Waals surface area contributed by atoms with Crippen molar-refractivity contribution in [1.82, 2.24) is 24.3 Å². The second kappa shape index (κ2) is 10.2. The van der Waals surface area contributed by atoms with E-state index in [4.69, 9.17) is 9.97 Å². The van der Waals surface area contributed by atoms with Gasteiger partial charge in [0.05, 0.1) is 16.6 Å². The fraction of sp³-hybridized carbons (Fsp3) is 0.571. The summed E-state index contributed by atoms with van der Waals surface area (Å²) in [4.78, 5) is 15.3. The number of hydrogen-bond acceptors (Lipinski definition) is 6. The Bertz CT molecular complexity index is 1300. The molecule has 0 aliphatic carbocycles. The van der Waals surface area contributed by atoms with Crippen molar-refractivity contribution in [3.05, 3.63) is 42.2 Å². The van der Waals surface area contributed by atoms with Gasteiger partial charge >= 0.3 is 0 Å². The molecule has 0 spiro atoms. The molecule has 0 unspecified atom stereocenters. The van der Waals surface area contributed by atoms with Gasteiger partial charge in [-0.2, -0.15) is 0 Å². The maximum atomic E-state index is 11.8. The minimum Gasteiger partial charge on any atom is -0.327 e. The number of likely N-dealkylation sites (tertiary alicyclic amines) is 2. The third kappa shape index (κ3) is 5.36. The molecule has 0 saturated carbocycles. The van der Waals surface area contributed by atoms with Crippen molar-refractivity contribution in [2.75, 3.05) is 39.0 Å². The fourth-order valence-electron chi connectivity index (χ4n) is 5.99. The van der Waals surface area contributed by atoms with Crippen LogP contribution in [0, 0.1) is 5.92 Å². The highest BCUT2D eigenvalue weighted by atomic mass is 32.2. The lowest BCUT2D eigenvalue weighted by Crippen LogP contribution is -2.48. The minimum atomic E-state index is -3.22. The lowest BCUT2D eigenvalue weighted by atomic mass is 9.90. The highest BCUT2D eigenvalue weighted by Gasteiger charge is 2.29. The van der Waals surface area contributed by atoms with Gasteiger partial charge in [0.15, 0.2) is 9.84 Å². The van der Waals surface area contributed by atoms with Crippen molar-refractivity contribution in [2.45, 2.75) is 56.4 Å². The fourth-order valence-corrected chi connectivity index (χ4v) is 6.62. The molecule has 8 heteroatoms. The zero-order chi connectivity index (χ0) is 25.4. The molecule has 0 N–H and O–H groups in total. The van der Waals surface area contributed by atoms with E-state index in [-0.39, 0.29) is 0 Å². The van der Waals surface area contributed by atoms with Gasteiger partial charge in [0.1, 0.15) is 11.3 Å². The summed E-state index contributed by atoms with van der Waals surface area (Å²) >= 11 is 0. The summed E-state index contributed by atoms with van der Waals surface area (Å²) in [5, 5.41) is 0. The Kier molecular flexibility index (Phi) is 7.21. The molecule has 4 heterocycles. The Morgan fingerprint density at radius 3 is 2.28 bits per heavy atom. The van der Waals surface area contributed by atoms with Gasteiger partial charge in [-0.25, -0.2) is 13.4 Å². The second-order valence-electron chi connectivity index (χ2n) is 11.1. The van der Waals surface area contributed by atoms with Crippen LogP contribution < -0.4 is 0 Å². The summed E-state index contributed by atoms with van der Waals surface area (Å²) in [6.07, 6.45) is 8.03. The van der Waals surface area contributed by atoms with Crippen LogP contribution in [0.15, 0.2) is 41.4 Å². The third-order valence-electron chi connectivity index (χ3n) is 7.97. The molecule has 7 nitrogen and oxygen atoms in total. The number of aromatic nitrogens is 3. The molecule has 5 rings (SSSR count). The van der Waals surface area contributed by atoms with Crippen molar-refractivity contribution >= 4 is 20.9 Å². The zero-order valence-electron chi connectivity index (χ0n) is 22.0. The Morgan fingerprint density at radius 1 is 1.00 bits per heavy atom. The number of nitrogens with zero attached hydrogens (tertiary/aromatic N) is 5. The summed E-state index contributed by atoms with van der Waals surface area (Å²) in [7, 11) is -1.19. The van der Waals surface area contributed by atoms with E-state index in [1.807, 2.05) is 25.4 Å². The van der Waals surface area contributed by atoms with Crippen molar-refractivity contribution in [3.63, 3.8) is 0 Å². The first-order valence-electron chi connectivity index (χ1n) is 13.3. The van der Waals surface area contributed by atoms with Crippen molar-refractivity contribution in [2.24, 2.45) is 13.0 Å². The van der Waals surface area contributed by atoms with Crippen LogP contribution in [0.1, 0.15) is 51.1 Å². The number of piperidine rings is 2. The Balaban J connectivity index is 1.25. The molecular weight excluding hydrogens is 470 g/mol. The van der Waals surface area contributed by atoms with Gasteiger partial charge in [0.25, 0.3) is 0 Å². The van der Waals surface area contributed by atoms with E-state index in [9.17, 15) is 8.42 Å². The van der Waals surface area contributed by atoms with Crippen molar-refractivity contribution < 1.29 is 8.42 Å². The van der Waals surface area contributed by atoms with Gasteiger partial charge in [-0.15, -0.1) is 0 Å². The Morgan fingerprint density at radius 2 is 1.67 bits per heavy atom. The molecule has 194 valence electrons. The lowest BCUT2D eigenvalue weighted by Gasteiger charge is -2.42. The zero-order valence-corrected chi connectivity index (χ0v) is 22.8. The highest BCUT2D eigenvalue weighted by molar-refractivity contribution is 7.90. The van der Waals surface area contributed by atoms with Gasteiger partial charge in [-0.3, -0.25) is 4.98 Å². The topological polar surface area (TPSA) is 71.3 Å². The molecule has 2 aromatic heterocycles. The standard InChI is InChI=1S/C28H39N5O2S/c1-20(2)19-32-13-11-23(12-14-32)33-15-9-21(10-16-33)25-17-27-26(18-29-25)30-28(31(27)3)22-5-7-24(8-6-22)36(4,34)35/h5-8,17-18,20-21,23H,9-16,19H2,1-4H3. The van der Waals surface area contributed by atoms with Crippen LogP contribution in [0.4, 0.5) is 0 Å². The molecule has 1 aromatic carbocycles. The van der Waals surface area contributed by atoms with Crippen LogP contribution in [0.5, 0.6) is 0 Å². The van der Waals surface area contributed by atoms with Gasteiger partial charge in [0, 0.05) is 43.1 Å². The van der Waals surface area contributed by atoms with Crippen LogP contribution in [0.2, 0.25) is 0 Å². The maximum absolute atomic E-state index is 11.8. The molecule has 0 atom stereocenters. The van der Waals surface area contributed by atoms with Crippen molar-refractivity contribution in [1.29, 1.82) is 0 Å². The number of sulfone groups is 1. The molecular formula is C28H39N5O2S. The van der Waals surface area contributed by atoms with Gasteiger partial charge in [-0.05, 0) is 88.1 Å². The first-order chi connectivity index (χ1) is 17.2. The monoisotopic (exact) mass is 509 g/mol. The van der Waals surface area contributed by atoms with E-state index < -0.39 is 9.84 Å². The van der Waals surface area contributed by atoms with E-state index in [0.717, 1.165) is 66.0 Å². The van der Waals surface area contributed by atoms with Gasteiger partial charge in [-0.1, -0.05) is 13.8 Å². The summed E-state index contributed by atoms with van der Waals surface area (Å²) < 4.78 is 25.7. The summed E-state index contributed by atoms with van der Waals surface area (Å²) in [5.74, 6) is 2.06. The molecule has 2 saturated heterocycles. The molecule has 2 aliphatic rings. The number of imidazole rings is 1. The van der Waals surface area contributed by atoms with E-state index in [0.29, 0.717) is 10.8 Å². The number of aryl methyl sites for hydroxylation is 1. The second-order valence-corrected chi connectivity index (χ2v) is 13.1. The predicted molar refractivity (Wildman–Crippen MR) is 145 cm³/mol. The summed E-state index contributed by atoms with van der Waals surface area (Å²) in [6, 6.07) is 9.90. The SMILES string of the molecule is CC(C)CN1CCC(N2CCC(c3cc4c(cn3)nc(-c3ccc(S(C)(=O)=O)cc3)n4C)CC2)CC1. The molecule has 0 amide bonds. The molecule has 36 heavy (non-hydrogen) atoms. The molecule has 2 aliphatic heterocycles. The minimum absolute atomic E-state index is 0.321. The van der Waals surface area contributed by atoms with E-state index >= 15 is 0 Å². The summed E-state index contributed by atoms with van der Waals surface area (Å²) in [5.41, 5.74) is 4.00. The van der Waals surface area contributed by atoms with Crippen LogP contribution in [0.25, 0.3) is 22.4 Å². The highest BCUT2D eigenvalue weighted by Crippen LogP contribution is 2.32. The van der Waals surface area contributed by atoms with Gasteiger partial charge in [0.2, 0.25) is 0 Å². The smallest absolute Gasteiger partial charge is 0.175 e. The first kappa shape index (κ1) is 25.4. The van der Waals surface area contributed by atoms with Crippen molar-refractivity contribution in [3.8, 4) is 11.4 Å². The maximum Gasteiger partial charge on any atom is 0.175 e. The largest absolute Gasteiger partial charge is 0.327 e. The van der Waals surface area contributed by atoms with Crippen LogP contribution in [-0.4, -0.2) is 77.8 Å². The van der Waals surface area contributed by atoms with E-state index in [1.165, 1.54) is 38.7 Å². The lowest BCUT2D eigenvalue weighted by molar-refractivity contribution is 0.0824. The summed E-state index contributed by atoms with van der Waals surface area (Å²) in [6.45, 7) is 10.6. The first-order valence-corrected chi connectivity index (χ1v) is 15.2. The van der Waals surface area contributed by atoms with Crippen LogP contribution >= 0.6 is 0 Å². The van der Waals surface area contributed by atoms with E-state index in [2.05, 4.69) is 34.3 Å². The average molecular weight is 510 g/mol. The van der Waals surface area contributed by atoms with E-state index in [1.54, 1.807) is 12.1 Å². The van der Waals surface area contributed by atoms with Crippen LogP contribution in [0.3, 0.4) is 0 Å². The predicted octanol–water partition coefficient (Wildman–Crippen LogP) is 4.34. The number of rotatable bonds is 6.